The summed E-state index contributed by atoms with van der Waals surface area (Å²) in [6.07, 6.45) is 0.730. The molecule has 0 aliphatic rings. The molecule has 0 radical (unpaired) electrons. The molecule has 0 fully saturated rings. The van der Waals surface area contributed by atoms with Crippen LogP contribution >= 0.6 is 0 Å². The quantitative estimate of drug-likeness (QED) is 0.665. The highest BCUT2D eigenvalue weighted by Crippen LogP contribution is 2.25. The SMILES string of the molecule is CCc1cccc(C)c1NS(=O)(=O)c1ccc(NC(=O)NCC(C)C)cc1. The lowest BCUT2D eigenvalue weighted by molar-refractivity contribution is 0.251. The zero-order valence-corrected chi connectivity index (χ0v) is 17.0. The Morgan fingerprint density at radius 1 is 1.07 bits per heavy atom. The fourth-order valence-corrected chi connectivity index (χ4v) is 3.73. The van der Waals surface area contributed by atoms with Gasteiger partial charge in [0.1, 0.15) is 0 Å². The number of aryl methyl sites for hydroxylation is 2. The van der Waals surface area contributed by atoms with E-state index in [1.54, 1.807) is 12.1 Å². The molecule has 2 aromatic carbocycles. The van der Waals surface area contributed by atoms with Crippen LogP contribution in [-0.2, 0) is 16.4 Å². The number of benzene rings is 2. The van der Waals surface area contributed by atoms with Crippen LogP contribution in [0.4, 0.5) is 16.2 Å². The van der Waals surface area contributed by atoms with Crippen LogP contribution in [0.1, 0.15) is 31.9 Å². The molecule has 3 N–H and O–H groups in total. The first-order valence-corrected chi connectivity index (χ1v) is 10.5. The molecule has 0 saturated heterocycles. The van der Waals surface area contributed by atoms with Crippen molar-refractivity contribution in [2.75, 3.05) is 16.6 Å². The van der Waals surface area contributed by atoms with Crippen LogP contribution < -0.4 is 15.4 Å². The number of hydrogen-bond donors (Lipinski definition) is 3. The van der Waals surface area contributed by atoms with Crippen molar-refractivity contribution in [3.63, 3.8) is 0 Å². The van der Waals surface area contributed by atoms with E-state index in [2.05, 4.69) is 15.4 Å². The van der Waals surface area contributed by atoms with Crippen molar-refractivity contribution < 1.29 is 13.2 Å². The van der Waals surface area contributed by atoms with Crippen LogP contribution in [0.5, 0.6) is 0 Å². The lowest BCUT2D eigenvalue weighted by atomic mass is 10.1. The largest absolute Gasteiger partial charge is 0.338 e. The lowest BCUT2D eigenvalue weighted by Crippen LogP contribution is -2.31. The molecule has 0 aliphatic heterocycles. The molecule has 2 amide bonds. The normalized spacial score (nSPS) is 11.3. The van der Waals surface area contributed by atoms with Crippen LogP contribution in [-0.4, -0.2) is 21.0 Å². The van der Waals surface area contributed by atoms with Crippen molar-refractivity contribution in [3.8, 4) is 0 Å². The highest BCUT2D eigenvalue weighted by Gasteiger charge is 2.17. The third-order valence-electron chi connectivity index (χ3n) is 4.07. The first-order chi connectivity index (χ1) is 12.7. The topological polar surface area (TPSA) is 87.3 Å². The molecule has 0 aromatic heterocycles. The highest BCUT2D eigenvalue weighted by atomic mass is 32.2. The van der Waals surface area contributed by atoms with E-state index in [0.29, 0.717) is 23.8 Å². The summed E-state index contributed by atoms with van der Waals surface area (Å²) in [5.41, 5.74) is 2.97. The average Bonchev–Trinajstić information content (AvgIpc) is 2.62. The number of sulfonamides is 1. The lowest BCUT2D eigenvalue weighted by Gasteiger charge is -2.15. The average molecular weight is 390 g/mol. The molecule has 6 nitrogen and oxygen atoms in total. The number of hydrogen-bond acceptors (Lipinski definition) is 3. The Morgan fingerprint density at radius 3 is 2.33 bits per heavy atom. The molecule has 0 saturated carbocycles. The Balaban J connectivity index is 2.13. The van der Waals surface area contributed by atoms with Crippen molar-refractivity contribution in [2.45, 2.75) is 39.0 Å². The van der Waals surface area contributed by atoms with Gasteiger partial charge in [-0.25, -0.2) is 13.2 Å². The molecule has 0 atom stereocenters. The maximum Gasteiger partial charge on any atom is 0.319 e. The molecule has 0 unspecified atom stereocenters. The number of carbonyl (C=O) groups is 1. The first-order valence-electron chi connectivity index (χ1n) is 8.99. The molecule has 0 bridgehead atoms. The van der Waals surface area contributed by atoms with E-state index in [1.807, 2.05) is 45.9 Å². The Hall–Kier alpha value is -2.54. The summed E-state index contributed by atoms with van der Waals surface area (Å²) in [5, 5.41) is 5.43. The van der Waals surface area contributed by atoms with Crippen molar-refractivity contribution in [1.29, 1.82) is 0 Å². The van der Waals surface area contributed by atoms with Gasteiger partial charge in [-0.3, -0.25) is 4.72 Å². The van der Waals surface area contributed by atoms with Gasteiger partial charge in [-0.1, -0.05) is 39.0 Å². The maximum atomic E-state index is 12.7. The summed E-state index contributed by atoms with van der Waals surface area (Å²) in [5.74, 6) is 0.351. The molecule has 0 spiro atoms. The number of urea groups is 1. The van der Waals surface area contributed by atoms with Gasteiger partial charge in [0.2, 0.25) is 0 Å². The second kappa shape index (κ2) is 8.90. The van der Waals surface area contributed by atoms with Crippen molar-refractivity contribution >= 4 is 27.4 Å². The zero-order chi connectivity index (χ0) is 20.0. The Kier molecular flexibility index (Phi) is 6.85. The van der Waals surface area contributed by atoms with Gasteiger partial charge in [0, 0.05) is 12.2 Å². The van der Waals surface area contributed by atoms with Crippen LogP contribution in [0, 0.1) is 12.8 Å². The van der Waals surface area contributed by atoms with E-state index in [9.17, 15) is 13.2 Å². The van der Waals surface area contributed by atoms with Crippen LogP contribution in [0.15, 0.2) is 47.4 Å². The summed E-state index contributed by atoms with van der Waals surface area (Å²) >= 11 is 0. The summed E-state index contributed by atoms with van der Waals surface area (Å²) in [6, 6.07) is 11.5. The smallest absolute Gasteiger partial charge is 0.319 e. The minimum absolute atomic E-state index is 0.140. The Labute approximate surface area is 161 Å². The summed E-state index contributed by atoms with van der Waals surface area (Å²) in [7, 11) is -3.71. The van der Waals surface area contributed by atoms with Gasteiger partial charge in [0.15, 0.2) is 0 Å². The standard InChI is InChI=1S/C20H27N3O3S/c1-5-16-8-6-7-15(4)19(16)23-27(25,26)18-11-9-17(10-12-18)22-20(24)21-13-14(2)3/h6-12,14,23H,5,13H2,1-4H3,(H2,21,22,24). The van der Waals surface area contributed by atoms with Gasteiger partial charge in [-0.05, 0) is 54.7 Å². The maximum absolute atomic E-state index is 12.7. The number of carbonyl (C=O) groups excluding carboxylic acids is 1. The number of amides is 2. The minimum Gasteiger partial charge on any atom is -0.338 e. The first kappa shape index (κ1) is 20.8. The number of nitrogens with one attached hydrogen (secondary N) is 3. The van der Waals surface area contributed by atoms with Gasteiger partial charge < -0.3 is 10.6 Å². The van der Waals surface area contributed by atoms with E-state index in [0.717, 1.165) is 17.5 Å². The van der Waals surface area contributed by atoms with E-state index in [4.69, 9.17) is 0 Å². The summed E-state index contributed by atoms with van der Waals surface area (Å²) in [4.78, 5) is 11.9. The van der Waals surface area contributed by atoms with Crippen LogP contribution in [0.2, 0.25) is 0 Å². The molecule has 2 aromatic rings. The second-order valence-electron chi connectivity index (χ2n) is 6.82. The van der Waals surface area contributed by atoms with E-state index in [-0.39, 0.29) is 10.9 Å². The number of rotatable bonds is 7. The molecular weight excluding hydrogens is 362 g/mol. The third kappa shape index (κ3) is 5.72. The Morgan fingerprint density at radius 2 is 1.74 bits per heavy atom. The molecule has 2 rings (SSSR count). The number of para-hydroxylation sites is 1. The third-order valence-corrected chi connectivity index (χ3v) is 5.44. The second-order valence-corrected chi connectivity index (χ2v) is 8.50. The summed E-state index contributed by atoms with van der Waals surface area (Å²) in [6.45, 7) is 8.44. The van der Waals surface area contributed by atoms with Crippen molar-refractivity contribution in [2.24, 2.45) is 5.92 Å². The molecule has 27 heavy (non-hydrogen) atoms. The fraction of sp³-hybridized carbons (Fsp3) is 0.350. The van der Waals surface area contributed by atoms with Gasteiger partial charge in [0.25, 0.3) is 10.0 Å². The van der Waals surface area contributed by atoms with Crippen LogP contribution in [0.3, 0.4) is 0 Å². The molecule has 0 aliphatic carbocycles. The molecule has 7 heteroatoms. The highest BCUT2D eigenvalue weighted by molar-refractivity contribution is 7.92. The monoisotopic (exact) mass is 389 g/mol. The zero-order valence-electron chi connectivity index (χ0n) is 16.2. The molecular formula is C20H27N3O3S. The van der Waals surface area contributed by atoms with E-state index < -0.39 is 10.0 Å². The molecule has 146 valence electrons. The minimum atomic E-state index is -3.71. The van der Waals surface area contributed by atoms with Gasteiger partial charge in [-0.2, -0.15) is 0 Å². The van der Waals surface area contributed by atoms with Crippen LogP contribution in [0.25, 0.3) is 0 Å². The predicted octanol–water partition coefficient (Wildman–Crippen LogP) is 4.14. The van der Waals surface area contributed by atoms with E-state index >= 15 is 0 Å². The van der Waals surface area contributed by atoms with Gasteiger partial charge in [-0.15, -0.1) is 0 Å². The Bertz CT molecular complexity index is 891. The van der Waals surface area contributed by atoms with Gasteiger partial charge >= 0.3 is 6.03 Å². The number of anilines is 2. The molecule has 0 heterocycles. The van der Waals surface area contributed by atoms with E-state index in [1.165, 1.54) is 12.1 Å². The van der Waals surface area contributed by atoms with Crippen molar-refractivity contribution in [3.05, 3.63) is 53.6 Å². The summed E-state index contributed by atoms with van der Waals surface area (Å²) < 4.78 is 28.1. The fourth-order valence-electron chi connectivity index (χ4n) is 2.55. The van der Waals surface area contributed by atoms with Crippen molar-refractivity contribution in [1.82, 2.24) is 5.32 Å². The predicted molar refractivity (Wildman–Crippen MR) is 110 cm³/mol. The van der Waals surface area contributed by atoms with Gasteiger partial charge in [0.05, 0.1) is 10.6 Å².